The van der Waals surface area contributed by atoms with Crippen molar-refractivity contribution in [1.29, 1.82) is 0 Å². The molecule has 0 spiro atoms. The lowest BCUT2D eigenvalue weighted by molar-refractivity contribution is 0.551. The summed E-state index contributed by atoms with van der Waals surface area (Å²) in [7, 11) is -4.75. The van der Waals surface area contributed by atoms with Gasteiger partial charge in [-0.05, 0) is 18.9 Å². The number of anilines is 1. The number of hydrogen-bond acceptors (Lipinski definition) is 4. The van der Waals surface area contributed by atoms with Crippen molar-refractivity contribution < 1.29 is 12.3 Å². The van der Waals surface area contributed by atoms with E-state index in [-0.39, 0.29) is 5.02 Å². The molecule has 18 heavy (non-hydrogen) atoms. The molecular formula is C11H14ClFN2O2S. The van der Waals surface area contributed by atoms with Gasteiger partial charge < -0.3 is 4.90 Å². The smallest absolute Gasteiger partial charge is 0.333 e. The number of nitrogens with zero attached hydrogens (tertiary/aromatic N) is 2. The minimum atomic E-state index is -4.75. The van der Waals surface area contributed by atoms with Crippen LogP contribution in [0, 0.1) is 0 Å². The minimum Gasteiger partial charge on any atom is -0.355 e. The van der Waals surface area contributed by atoms with Gasteiger partial charge in [0.05, 0.1) is 11.2 Å². The van der Waals surface area contributed by atoms with E-state index in [0.29, 0.717) is 5.82 Å². The van der Waals surface area contributed by atoms with E-state index in [0.717, 1.165) is 38.2 Å². The van der Waals surface area contributed by atoms with E-state index in [1.807, 2.05) is 4.90 Å². The van der Waals surface area contributed by atoms with Gasteiger partial charge in [-0.2, -0.15) is 8.42 Å². The van der Waals surface area contributed by atoms with Crippen molar-refractivity contribution >= 4 is 27.6 Å². The molecule has 0 saturated carbocycles. The lowest BCUT2D eigenvalue weighted by Crippen LogP contribution is -2.25. The molecule has 0 aliphatic carbocycles. The summed E-state index contributed by atoms with van der Waals surface area (Å²) in [6.45, 7) is 1.68. The highest BCUT2D eigenvalue weighted by atomic mass is 35.5. The van der Waals surface area contributed by atoms with Crippen LogP contribution in [-0.4, -0.2) is 26.5 Å². The number of rotatable bonds is 2. The third kappa shape index (κ3) is 3.11. The molecule has 0 atom stereocenters. The van der Waals surface area contributed by atoms with E-state index in [2.05, 4.69) is 4.98 Å². The molecule has 7 heteroatoms. The van der Waals surface area contributed by atoms with Crippen molar-refractivity contribution in [2.75, 3.05) is 18.0 Å². The fraction of sp³-hybridized carbons (Fsp3) is 0.545. The van der Waals surface area contributed by atoms with Crippen LogP contribution < -0.4 is 4.90 Å². The lowest BCUT2D eigenvalue weighted by Gasteiger charge is -2.22. The number of pyridine rings is 1. The molecule has 1 aliphatic rings. The average Bonchev–Trinajstić information content (AvgIpc) is 2.56. The molecule has 1 aliphatic heterocycles. The summed E-state index contributed by atoms with van der Waals surface area (Å²) in [6, 6.07) is 1.12. The highest BCUT2D eigenvalue weighted by molar-refractivity contribution is 7.86. The highest BCUT2D eigenvalue weighted by Gasteiger charge is 2.18. The van der Waals surface area contributed by atoms with Crippen LogP contribution in [0.1, 0.15) is 25.7 Å². The topological polar surface area (TPSA) is 50.3 Å². The Hall–Kier alpha value is -0.880. The molecular weight excluding hydrogens is 279 g/mol. The quantitative estimate of drug-likeness (QED) is 0.787. The van der Waals surface area contributed by atoms with Crippen LogP contribution in [0.5, 0.6) is 0 Å². The van der Waals surface area contributed by atoms with Crippen LogP contribution in [-0.2, 0) is 10.2 Å². The Morgan fingerprint density at radius 1 is 1.22 bits per heavy atom. The third-order valence-corrected chi connectivity index (χ3v) is 4.05. The summed E-state index contributed by atoms with van der Waals surface area (Å²) in [4.78, 5) is 5.51. The van der Waals surface area contributed by atoms with Crippen molar-refractivity contribution in [2.45, 2.75) is 30.6 Å². The molecule has 0 aromatic carbocycles. The second-order valence-electron chi connectivity index (χ2n) is 4.32. The van der Waals surface area contributed by atoms with Gasteiger partial charge >= 0.3 is 10.2 Å². The van der Waals surface area contributed by atoms with Gasteiger partial charge in [-0.1, -0.05) is 24.4 Å². The van der Waals surface area contributed by atoms with Gasteiger partial charge in [-0.3, -0.25) is 0 Å². The van der Waals surface area contributed by atoms with E-state index < -0.39 is 15.1 Å². The van der Waals surface area contributed by atoms with Crippen LogP contribution in [0.4, 0.5) is 9.70 Å². The largest absolute Gasteiger partial charge is 0.355 e. The predicted molar refractivity (Wildman–Crippen MR) is 68.2 cm³/mol. The Morgan fingerprint density at radius 3 is 2.33 bits per heavy atom. The first kappa shape index (κ1) is 13.5. The Bertz CT molecular complexity index is 528. The fourth-order valence-electron chi connectivity index (χ4n) is 2.06. The summed E-state index contributed by atoms with van der Waals surface area (Å²) in [5, 5.41) is 0.177. The van der Waals surface area contributed by atoms with Crippen molar-refractivity contribution in [3.63, 3.8) is 0 Å². The standard InChI is InChI=1S/C11H14ClFN2O2S/c12-10-7-9(18(13,16)17)8-14-11(10)15-5-3-1-2-4-6-15/h7-8H,1-6H2. The first-order valence-corrected chi connectivity index (χ1v) is 7.60. The zero-order valence-electron chi connectivity index (χ0n) is 9.77. The van der Waals surface area contributed by atoms with Crippen molar-refractivity contribution in [1.82, 2.24) is 4.98 Å². The maximum atomic E-state index is 12.8. The molecule has 1 saturated heterocycles. The lowest BCUT2D eigenvalue weighted by atomic mass is 10.2. The summed E-state index contributed by atoms with van der Waals surface area (Å²) in [5.41, 5.74) is 0. The zero-order chi connectivity index (χ0) is 13.2. The molecule has 2 heterocycles. The molecule has 4 nitrogen and oxygen atoms in total. The molecule has 1 aromatic heterocycles. The van der Waals surface area contributed by atoms with Gasteiger partial charge in [0.2, 0.25) is 0 Å². The summed E-state index contributed by atoms with van der Waals surface area (Å²) in [5.74, 6) is 0.533. The highest BCUT2D eigenvalue weighted by Crippen LogP contribution is 2.28. The molecule has 1 aromatic rings. The van der Waals surface area contributed by atoms with Gasteiger partial charge in [0.1, 0.15) is 10.7 Å². The normalized spacial score (nSPS) is 17.6. The molecule has 0 radical (unpaired) electrons. The van der Waals surface area contributed by atoms with Crippen LogP contribution in [0.25, 0.3) is 0 Å². The predicted octanol–water partition coefficient (Wildman–Crippen LogP) is 2.77. The Kier molecular flexibility index (Phi) is 4.07. The number of hydrogen-bond donors (Lipinski definition) is 0. The van der Waals surface area contributed by atoms with E-state index in [1.165, 1.54) is 12.8 Å². The first-order valence-electron chi connectivity index (χ1n) is 5.83. The first-order chi connectivity index (χ1) is 8.48. The summed E-state index contributed by atoms with van der Waals surface area (Å²) >= 11 is 5.99. The van der Waals surface area contributed by atoms with E-state index in [1.54, 1.807) is 0 Å². The average molecular weight is 293 g/mol. The van der Waals surface area contributed by atoms with Crippen molar-refractivity contribution in [3.05, 3.63) is 17.3 Å². The Morgan fingerprint density at radius 2 is 1.83 bits per heavy atom. The Balaban J connectivity index is 2.29. The second kappa shape index (κ2) is 5.40. The molecule has 0 N–H and O–H groups in total. The zero-order valence-corrected chi connectivity index (χ0v) is 11.3. The van der Waals surface area contributed by atoms with E-state index in [4.69, 9.17) is 11.6 Å². The van der Waals surface area contributed by atoms with Gasteiger partial charge in [0.25, 0.3) is 0 Å². The van der Waals surface area contributed by atoms with E-state index in [9.17, 15) is 12.3 Å². The maximum Gasteiger partial charge on any atom is 0.333 e. The summed E-state index contributed by atoms with van der Waals surface area (Å²) in [6.07, 6.45) is 5.47. The number of aromatic nitrogens is 1. The minimum absolute atomic E-state index is 0.177. The van der Waals surface area contributed by atoms with Crippen LogP contribution in [0.3, 0.4) is 0 Å². The van der Waals surface area contributed by atoms with Gasteiger partial charge in [0, 0.05) is 13.1 Å². The SMILES string of the molecule is O=S(=O)(F)c1cnc(N2CCCCCC2)c(Cl)c1. The van der Waals surface area contributed by atoms with Crippen LogP contribution >= 0.6 is 11.6 Å². The van der Waals surface area contributed by atoms with Crippen LogP contribution in [0.2, 0.25) is 5.02 Å². The monoisotopic (exact) mass is 292 g/mol. The molecule has 1 fully saturated rings. The second-order valence-corrected chi connectivity index (χ2v) is 6.07. The maximum absolute atomic E-state index is 12.8. The van der Waals surface area contributed by atoms with Crippen molar-refractivity contribution in [2.24, 2.45) is 0 Å². The van der Waals surface area contributed by atoms with E-state index >= 15 is 0 Å². The van der Waals surface area contributed by atoms with Crippen molar-refractivity contribution in [3.8, 4) is 0 Å². The van der Waals surface area contributed by atoms with Gasteiger partial charge in [0.15, 0.2) is 0 Å². The fourth-order valence-corrected chi connectivity index (χ4v) is 2.85. The Labute approximate surface area is 111 Å². The van der Waals surface area contributed by atoms with Gasteiger partial charge in [-0.15, -0.1) is 3.89 Å². The van der Waals surface area contributed by atoms with Crippen LogP contribution in [0.15, 0.2) is 17.2 Å². The molecule has 0 unspecified atom stereocenters. The number of halogens is 2. The molecule has 0 amide bonds. The third-order valence-electron chi connectivity index (χ3n) is 2.98. The van der Waals surface area contributed by atoms with Gasteiger partial charge in [-0.25, -0.2) is 4.98 Å². The molecule has 2 rings (SSSR count). The summed E-state index contributed by atoms with van der Waals surface area (Å²) < 4.78 is 34.3. The molecule has 100 valence electrons. The molecule has 0 bridgehead atoms.